The van der Waals surface area contributed by atoms with E-state index in [0.29, 0.717) is 11.3 Å². The topological polar surface area (TPSA) is 77.9 Å². The van der Waals surface area contributed by atoms with Crippen molar-refractivity contribution in [2.24, 2.45) is 0 Å². The fourth-order valence-corrected chi connectivity index (χ4v) is 4.33. The molecule has 0 bridgehead atoms. The van der Waals surface area contributed by atoms with E-state index in [1.807, 2.05) is 30.5 Å². The smallest absolute Gasteiger partial charge is 0.222 e. The average molecular weight is 385 g/mol. The molecule has 6 nitrogen and oxygen atoms in total. The number of rotatable bonds is 4. The highest BCUT2D eigenvalue weighted by molar-refractivity contribution is 5.87. The number of aromatic nitrogens is 4. The van der Waals surface area contributed by atoms with Crippen LogP contribution < -0.4 is 0 Å². The number of likely N-dealkylation sites (N-methyl/N-ethyl adjacent to an activating group) is 1. The SMILES string of the molecule is CCN1C[C@@H](c2ccccc2)[C@H](c2nc(O)c3cc(-c4cn[nH]c4)ccc3n2)C1. The Hall–Kier alpha value is -3.25. The van der Waals surface area contributed by atoms with Crippen LogP contribution in [0, 0.1) is 0 Å². The number of aromatic amines is 1. The molecular weight excluding hydrogens is 362 g/mol. The van der Waals surface area contributed by atoms with Crippen LogP contribution in [0.2, 0.25) is 0 Å². The van der Waals surface area contributed by atoms with E-state index in [1.54, 1.807) is 6.20 Å². The van der Waals surface area contributed by atoms with Crippen LogP contribution in [0.3, 0.4) is 0 Å². The Labute approximate surface area is 169 Å². The molecule has 2 aromatic heterocycles. The highest BCUT2D eigenvalue weighted by atomic mass is 16.3. The third kappa shape index (κ3) is 3.25. The van der Waals surface area contributed by atoms with Gasteiger partial charge in [-0.3, -0.25) is 5.10 Å². The summed E-state index contributed by atoms with van der Waals surface area (Å²) >= 11 is 0. The molecule has 29 heavy (non-hydrogen) atoms. The van der Waals surface area contributed by atoms with Crippen molar-refractivity contribution in [1.82, 2.24) is 25.1 Å². The van der Waals surface area contributed by atoms with E-state index in [-0.39, 0.29) is 11.8 Å². The van der Waals surface area contributed by atoms with Crippen molar-refractivity contribution in [3.63, 3.8) is 0 Å². The molecule has 1 aliphatic rings. The maximum atomic E-state index is 10.7. The monoisotopic (exact) mass is 385 g/mol. The number of hydrogen-bond acceptors (Lipinski definition) is 5. The summed E-state index contributed by atoms with van der Waals surface area (Å²) < 4.78 is 0. The lowest BCUT2D eigenvalue weighted by Gasteiger charge is -2.18. The molecule has 6 heteroatoms. The Morgan fingerprint density at radius 1 is 1.03 bits per heavy atom. The van der Waals surface area contributed by atoms with Gasteiger partial charge in [-0.15, -0.1) is 0 Å². The summed E-state index contributed by atoms with van der Waals surface area (Å²) in [5, 5.41) is 18.2. The van der Waals surface area contributed by atoms with Gasteiger partial charge in [0.05, 0.1) is 17.1 Å². The Morgan fingerprint density at radius 3 is 2.62 bits per heavy atom. The van der Waals surface area contributed by atoms with E-state index in [4.69, 9.17) is 4.98 Å². The first-order chi connectivity index (χ1) is 14.2. The molecule has 2 N–H and O–H groups in total. The molecule has 2 atom stereocenters. The van der Waals surface area contributed by atoms with Crippen LogP contribution in [0.15, 0.2) is 60.9 Å². The fourth-order valence-electron chi connectivity index (χ4n) is 4.33. The lowest BCUT2D eigenvalue weighted by molar-refractivity contribution is 0.349. The van der Waals surface area contributed by atoms with Crippen molar-refractivity contribution in [3.8, 4) is 17.0 Å². The zero-order valence-corrected chi connectivity index (χ0v) is 16.3. The quantitative estimate of drug-likeness (QED) is 0.557. The number of fused-ring (bicyclic) bond motifs is 1. The number of aromatic hydroxyl groups is 1. The van der Waals surface area contributed by atoms with Gasteiger partial charge in [-0.1, -0.05) is 43.3 Å². The van der Waals surface area contributed by atoms with Crippen molar-refractivity contribution in [1.29, 1.82) is 0 Å². The average Bonchev–Trinajstić information content (AvgIpc) is 3.44. The van der Waals surface area contributed by atoms with Gasteiger partial charge in [0.1, 0.15) is 5.82 Å². The third-order valence-corrected chi connectivity index (χ3v) is 5.93. The molecule has 0 saturated carbocycles. The molecule has 4 aromatic rings. The number of hydrogen-bond donors (Lipinski definition) is 2. The molecule has 146 valence electrons. The standard InChI is InChI=1S/C23H23N5O/c1-2-28-13-19(15-6-4-3-5-7-15)20(14-28)22-26-21-9-8-16(17-11-24-25-12-17)10-18(21)23(29)27-22/h3-12,19-20H,2,13-14H2,1H3,(H,24,25)(H,26,27,29)/t19-,20+/m0/s1. The first kappa shape index (κ1) is 17.8. The molecule has 1 aliphatic heterocycles. The fraction of sp³-hybridized carbons (Fsp3) is 0.261. The summed E-state index contributed by atoms with van der Waals surface area (Å²) in [5.74, 6) is 1.23. The van der Waals surface area contributed by atoms with Crippen LogP contribution in [-0.2, 0) is 0 Å². The van der Waals surface area contributed by atoms with E-state index in [1.165, 1.54) is 5.56 Å². The van der Waals surface area contributed by atoms with E-state index < -0.39 is 0 Å². The van der Waals surface area contributed by atoms with Gasteiger partial charge in [-0.2, -0.15) is 10.1 Å². The van der Waals surface area contributed by atoms with Gasteiger partial charge < -0.3 is 10.0 Å². The summed E-state index contributed by atoms with van der Waals surface area (Å²) in [5.41, 5.74) is 4.00. The van der Waals surface area contributed by atoms with E-state index in [2.05, 4.69) is 51.3 Å². The second kappa shape index (κ2) is 7.29. The lowest BCUT2D eigenvalue weighted by atomic mass is 9.88. The number of nitrogens with one attached hydrogen (secondary N) is 1. The first-order valence-corrected chi connectivity index (χ1v) is 10.00. The van der Waals surface area contributed by atoms with E-state index in [9.17, 15) is 5.11 Å². The summed E-state index contributed by atoms with van der Waals surface area (Å²) in [7, 11) is 0. The van der Waals surface area contributed by atoms with Gasteiger partial charge in [0.15, 0.2) is 0 Å². The van der Waals surface area contributed by atoms with Crippen molar-refractivity contribution in [2.45, 2.75) is 18.8 Å². The molecule has 1 fully saturated rings. The maximum absolute atomic E-state index is 10.7. The zero-order chi connectivity index (χ0) is 19.8. The Bertz CT molecular complexity index is 1130. The summed E-state index contributed by atoms with van der Waals surface area (Å²) in [4.78, 5) is 11.8. The number of benzene rings is 2. The molecule has 2 aromatic carbocycles. The van der Waals surface area contributed by atoms with E-state index in [0.717, 1.165) is 42.1 Å². The zero-order valence-electron chi connectivity index (χ0n) is 16.3. The Morgan fingerprint density at radius 2 is 1.86 bits per heavy atom. The predicted octanol–water partition coefficient (Wildman–Crippen LogP) is 3.93. The minimum Gasteiger partial charge on any atom is -0.493 e. The van der Waals surface area contributed by atoms with Crippen molar-refractivity contribution in [3.05, 3.63) is 72.3 Å². The Balaban J connectivity index is 1.56. The predicted molar refractivity (Wildman–Crippen MR) is 113 cm³/mol. The minimum absolute atomic E-state index is 0.0390. The highest BCUT2D eigenvalue weighted by Crippen LogP contribution is 2.39. The normalized spacial score (nSPS) is 19.8. The van der Waals surface area contributed by atoms with Crippen LogP contribution in [-0.4, -0.2) is 49.8 Å². The van der Waals surface area contributed by atoms with Gasteiger partial charge in [0, 0.05) is 36.7 Å². The second-order valence-corrected chi connectivity index (χ2v) is 7.60. The molecule has 0 spiro atoms. The second-order valence-electron chi connectivity index (χ2n) is 7.60. The van der Waals surface area contributed by atoms with Gasteiger partial charge in [0.2, 0.25) is 5.88 Å². The first-order valence-electron chi connectivity index (χ1n) is 10.00. The maximum Gasteiger partial charge on any atom is 0.222 e. The molecule has 1 saturated heterocycles. The van der Waals surface area contributed by atoms with Crippen molar-refractivity contribution < 1.29 is 5.11 Å². The van der Waals surface area contributed by atoms with Crippen LogP contribution >= 0.6 is 0 Å². The lowest BCUT2D eigenvalue weighted by Crippen LogP contribution is -2.20. The molecule has 3 heterocycles. The molecule has 5 rings (SSSR count). The molecule has 0 radical (unpaired) electrons. The van der Waals surface area contributed by atoms with Crippen LogP contribution in [0.1, 0.15) is 30.1 Å². The summed E-state index contributed by atoms with van der Waals surface area (Å²) in [6.07, 6.45) is 3.59. The minimum atomic E-state index is 0.0390. The number of nitrogens with zero attached hydrogens (tertiary/aromatic N) is 4. The van der Waals surface area contributed by atoms with Crippen LogP contribution in [0.5, 0.6) is 5.88 Å². The molecule has 0 aliphatic carbocycles. The van der Waals surface area contributed by atoms with Crippen LogP contribution in [0.4, 0.5) is 0 Å². The van der Waals surface area contributed by atoms with Gasteiger partial charge in [-0.25, -0.2) is 4.98 Å². The molecular formula is C23H23N5O. The van der Waals surface area contributed by atoms with Crippen LogP contribution in [0.25, 0.3) is 22.0 Å². The van der Waals surface area contributed by atoms with Crippen molar-refractivity contribution >= 4 is 10.9 Å². The van der Waals surface area contributed by atoms with Crippen molar-refractivity contribution in [2.75, 3.05) is 19.6 Å². The number of H-pyrrole nitrogens is 1. The summed E-state index contributed by atoms with van der Waals surface area (Å²) in [6.45, 7) is 5.05. The number of likely N-dealkylation sites (tertiary alicyclic amines) is 1. The summed E-state index contributed by atoms with van der Waals surface area (Å²) in [6, 6.07) is 16.4. The van der Waals surface area contributed by atoms with Gasteiger partial charge in [-0.05, 0) is 29.8 Å². The highest BCUT2D eigenvalue weighted by Gasteiger charge is 2.36. The Kier molecular flexibility index (Phi) is 4.48. The van der Waals surface area contributed by atoms with Gasteiger partial charge in [0.25, 0.3) is 0 Å². The van der Waals surface area contributed by atoms with E-state index >= 15 is 0 Å². The molecule has 0 amide bonds. The molecule has 0 unspecified atom stereocenters. The van der Waals surface area contributed by atoms with Gasteiger partial charge >= 0.3 is 0 Å². The third-order valence-electron chi connectivity index (χ3n) is 5.93. The largest absolute Gasteiger partial charge is 0.493 e.